The van der Waals surface area contributed by atoms with Crippen LogP contribution in [0, 0.1) is 12.8 Å². The summed E-state index contributed by atoms with van der Waals surface area (Å²) in [7, 11) is 0. The molecule has 0 aliphatic heterocycles. The molecule has 0 spiro atoms. The number of hydrogen-bond acceptors (Lipinski definition) is 3. The SMILES string of the molecule is CCC(Nc1cc(C)c(N)c(C(=O)O)c1)C1CCCCC1. The summed E-state index contributed by atoms with van der Waals surface area (Å²) in [5, 5.41) is 12.8. The predicted molar refractivity (Wildman–Crippen MR) is 86.8 cm³/mol. The first-order valence-corrected chi connectivity index (χ1v) is 7.92. The summed E-state index contributed by atoms with van der Waals surface area (Å²) < 4.78 is 0. The molecule has 2 rings (SSSR count). The van der Waals surface area contributed by atoms with Crippen LogP contribution in [0.1, 0.15) is 61.4 Å². The van der Waals surface area contributed by atoms with Gasteiger partial charge in [0.2, 0.25) is 0 Å². The fourth-order valence-electron chi connectivity index (χ4n) is 3.36. The van der Waals surface area contributed by atoms with Gasteiger partial charge in [-0.1, -0.05) is 26.2 Å². The van der Waals surface area contributed by atoms with E-state index in [-0.39, 0.29) is 5.56 Å². The van der Waals surface area contributed by atoms with E-state index in [4.69, 9.17) is 5.73 Å². The highest BCUT2D eigenvalue weighted by atomic mass is 16.4. The topological polar surface area (TPSA) is 75.3 Å². The molecule has 4 heteroatoms. The van der Waals surface area contributed by atoms with E-state index in [1.165, 1.54) is 32.1 Å². The number of aromatic carboxylic acids is 1. The molecule has 4 N–H and O–H groups in total. The lowest BCUT2D eigenvalue weighted by molar-refractivity contribution is 0.0698. The van der Waals surface area contributed by atoms with Gasteiger partial charge in [0.15, 0.2) is 0 Å². The smallest absolute Gasteiger partial charge is 0.337 e. The van der Waals surface area contributed by atoms with Crippen molar-refractivity contribution in [1.29, 1.82) is 0 Å². The summed E-state index contributed by atoms with van der Waals surface area (Å²) in [6.45, 7) is 4.04. The van der Waals surface area contributed by atoms with Gasteiger partial charge in [-0.3, -0.25) is 0 Å². The number of nitrogens with two attached hydrogens (primary N) is 1. The number of carboxylic acid groups (broad SMARTS) is 1. The fourth-order valence-corrected chi connectivity index (χ4v) is 3.36. The van der Waals surface area contributed by atoms with Crippen LogP contribution in [0.4, 0.5) is 11.4 Å². The number of rotatable bonds is 5. The Balaban J connectivity index is 2.19. The summed E-state index contributed by atoms with van der Waals surface area (Å²) in [6, 6.07) is 4.03. The van der Waals surface area contributed by atoms with E-state index >= 15 is 0 Å². The molecule has 1 aromatic rings. The highest BCUT2D eigenvalue weighted by Gasteiger charge is 2.22. The van der Waals surface area contributed by atoms with Crippen LogP contribution in [0.15, 0.2) is 12.1 Å². The van der Waals surface area contributed by atoms with Gasteiger partial charge in [0.25, 0.3) is 0 Å². The minimum atomic E-state index is -0.968. The summed E-state index contributed by atoms with van der Waals surface area (Å²) >= 11 is 0. The van der Waals surface area contributed by atoms with E-state index in [0.717, 1.165) is 17.7 Å². The monoisotopic (exact) mass is 290 g/mol. The summed E-state index contributed by atoms with van der Waals surface area (Å²) in [4.78, 5) is 11.3. The fraction of sp³-hybridized carbons (Fsp3) is 0.588. The molecule has 1 atom stereocenters. The van der Waals surface area contributed by atoms with Crippen molar-refractivity contribution in [2.45, 2.75) is 58.4 Å². The maximum atomic E-state index is 11.3. The normalized spacial score (nSPS) is 17.4. The third-order valence-corrected chi connectivity index (χ3v) is 4.63. The second-order valence-electron chi connectivity index (χ2n) is 6.12. The molecule has 0 radical (unpaired) electrons. The van der Waals surface area contributed by atoms with E-state index in [9.17, 15) is 9.90 Å². The Morgan fingerprint density at radius 2 is 2.05 bits per heavy atom. The molecule has 0 saturated heterocycles. The zero-order valence-corrected chi connectivity index (χ0v) is 13.0. The zero-order valence-electron chi connectivity index (χ0n) is 13.0. The van der Waals surface area contributed by atoms with Crippen molar-refractivity contribution >= 4 is 17.3 Å². The van der Waals surface area contributed by atoms with Crippen molar-refractivity contribution in [1.82, 2.24) is 0 Å². The van der Waals surface area contributed by atoms with Gasteiger partial charge in [-0.25, -0.2) is 4.79 Å². The van der Waals surface area contributed by atoms with Gasteiger partial charge in [0.1, 0.15) is 0 Å². The molecule has 1 unspecified atom stereocenters. The van der Waals surface area contributed by atoms with E-state index in [2.05, 4.69) is 12.2 Å². The number of nitrogens with one attached hydrogen (secondary N) is 1. The van der Waals surface area contributed by atoms with Crippen LogP contribution in [0.25, 0.3) is 0 Å². The van der Waals surface area contributed by atoms with E-state index in [0.29, 0.717) is 17.6 Å². The van der Waals surface area contributed by atoms with Crippen LogP contribution in [-0.2, 0) is 0 Å². The van der Waals surface area contributed by atoms with Crippen molar-refractivity contribution in [2.75, 3.05) is 11.1 Å². The Morgan fingerprint density at radius 1 is 1.38 bits per heavy atom. The second kappa shape index (κ2) is 6.83. The molecular formula is C17H26N2O2. The molecule has 4 nitrogen and oxygen atoms in total. The lowest BCUT2D eigenvalue weighted by Gasteiger charge is -2.31. The van der Waals surface area contributed by atoms with Crippen molar-refractivity contribution in [3.8, 4) is 0 Å². The lowest BCUT2D eigenvalue weighted by atomic mass is 9.83. The molecule has 0 aromatic heterocycles. The van der Waals surface area contributed by atoms with Crippen LogP contribution in [0.5, 0.6) is 0 Å². The average molecular weight is 290 g/mol. The number of carbonyl (C=O) groups is 1. The molecule has 116 valence electrons. The van der Waals surface area contributed by atoms with Gasteiger partial charge in [-0.15, -0.1) is 0 Å². The standard InChI is InChI=1S/C17H26N2O2/c1-3-15(12-7-5-4-6-8-12)19-13-9-11(2)16(18)14(10-13)17(20)21/h9-10,12,15,19H,3-8,18H2,1-2H3,(H,20,21). The Morgan fingerprint density at radius 3 is 2.62 bits per heavy atom. The van der Waals surface area contributed by atoms with Gasteiger partial charge in [-0.2, -0.15) is 0 Å². The van der Waals surface area contributed by atoms with E-state index in [1.807, 2.05) is 13.0 Å². The molecule has 1 aliphatic rings. The van der Waals surface area contributed by atoms with Gasteiger partial charge < -0.3 is 16.2 Å². The first kappa shape index (κ1) is 15.7. The molecule has 1 saturated carbocycles. The second-order valence-corrected chi connectivity index (χ2v) is 6.12. The first-order chi connectivity index (χ1) is 10.0. The van der Waals surface area contributed by atoms with Crippen molar-refractivity contribution in [2.24, 2.45) is 5.92 Å². The van der Waals surface area contributed by atoms with Crippen LogP contribution in [0.3, 0.4) is 0 Å². The van der Waals surface area contributed by atoms with Crippen LogP contribution < -0.4 is 11.1 Å². The van der Waals surface area contributed by atoms with Gasteiger partial charge in [-0.05, 0) is 49.8 Å². The number of carboxylic acids is 1. The third-order valence-electron chi connectivity index (χ3n) is 4.63. The maximum Gasteiger partial charge on any atom is 0.337 e. The minimum absolute atomic E-state index is 0.191. The largest absolute Gasteiger partial charge is 0.478 e. The maximum absolute atomic E-state index is 11.3. The first-order valence-electron chi connectivity index (χ1n) is 7.92. The Kier molecular flexibility index (Phi) is 5.10. The molecule has 1 fully saturated rings. The lowest BCUT2D eigenvalue weighted by Crippen LogP contribution is -2.30. The van der Waals surface area contributed by atoms with Crippen molar-refractivity contribution in [3.05, 3.63) is 23.3 Å². The number of hydrogen-bond donors (Lipinski definition) is 3. The highest BCUT2D eigenvalue weighted by molar-refractivity contribution is 5.95. The van der Waals surface area contributed by atoms with Crippen LogP contribution >= 0.6 is 0 Å². The van der Waals surface area contributed by atoms with Gasteiger partial charge in [0.05, 0.1) is 5.56 Å². The molecule has 0 bridgehead atoms. The van der Waals surface area contributed by atoms with Crippen molar-refractivity contribution < 1.29 is 9.90 Å². The predicted octanol–water partition coefficient (Wildman–Crippen LogP) is 4.05. The minimum Gasteiger partial charge on any atom is -0.478 e. The summed E-state index contributed by atoms with van der Waals surface area (Å²) in [6.07, 6.45) is 7.55. The Hall–Kier alpha value is -1.71. The van der Waals surface area contributed by atoms with E-state index < -0.39 is 5.97 Å². The molecular weight excluding hydrogens is 264 g/mol. The summed E-state index contributed by atoms with van der Waals surface area (Å²) in [5.74, 6) is -0.278. The highest BCUT2D eigenvalue weighted by Crippen LogP contribution is 2.31. The Labute approximate surface area is 126 Å². The molecule has 0 amide bonds. The molecule has 1 aromatic carbocycles. The van der Waals surface area contributed by atoms with E-state index in [1.54, 1.807) is 6.07 Å². The third kappa shape index (κ3) is 3.69. The van der Waals surface area contributed by atoms with Crippen molar-refractivity contribution in [3.63, 3.8) is 0 Å². The number of benzene rings is 1. The zero-order chi connectivity index (χ0) is 15.4. The molecule has 0 heterocycles. The van der Waals surface area contributed by atoms with Crippen LogP contribution in [-0.4, -0.2) is 17.1 Å². The molecule has 21 heavy (non-hydrogen) atoms. The number of anilines is 2. The van der Waals surface area contributed by atoms with Gasteiger partial charge >= 0.3 is 5.97 Å². The quantitative estimate of drug-likeness (QED) is 0.715. The summed E-state index contributed by atoms with van der Waals surface area (Å²) in [5.41, 5.74) is 8.09. The number of aryl methyl sites for hydroxylation is 1. The molecule has 1 aliphatic carbocycles. The van der Waals surface area contributed by atoms with Gasteiger partial charge in [0, 0.05) is 17.4 Å². The Bertz CT molecular complexity index is 508. The van der Waals surface area contributed by atoms with Crippen LogP contribution in [0.2, 0.25) is 0 Å². The average Bonchev–Trinajstić information content (AvgIpc) is 2.48. The number of nitrogen functional groups attached to an aromatic ring is 1.